The molecule has 0 radical (unpaired) electrons. The number of nitrogens with one attached hydrogen (secondary N) is 1. The molecule has 0 amide bonds. The Bertz CT molecular complexity index is 551. The van der Waals surface area contributed by atoms with Crippen molar-refractivity contribution in [3.63, 3.8) is 0 Å². The molecule has 0 spiro atoms. The van der Waals surface area contributed by atoms with Crippen molar-refractivity contribution in [2.75, 3.05) is 7.11 Å². The van der Waals surface area contributed by atoms with Crippen LogP contribution in [-0.4, -0.2) is 7.11 Å². The minimum atomic E-state index is 0.415. The molecule has 21 heavy (non-hydrogen) atoms. The summed E-state index contributed by atoms with van der Waals surface area (Å²) in [6.45, 7) is 5.20. The van der Waals surface area contributed by atoms with Gasteiger partial charge in [-0.25, -0.2) is 0 Å². The van der Waals surface area contributed by atoms with Crippen LogP contribution >= 0.6 is 0 Å². The van der Waals surface area contributed by atoms with E-state index in [0.29, 0.717) is 6.04 Å². The van der Waals surface area contributed by atoms with E-state index in [1.54, 1.807) is 7.11 Å². The van der Waals surface area contributed by atoms with Gasteiger partial charge in [0.05, 0.1) is 7.11 Å². The summed E-state index contributed by atoms with van der Waals surface area (Å²) in [7, 11) is 1.72. The van der Waals surface area contributed by atoms with E-state index >= 15 is 0 Å². The minimum absolute atomic E-state index is 0.415. The first kappa shape index (κ1) is 15.6. The lowest BCUT2D eigenvalue weighted by molar-refractivity contribution is 0.411. The number of hydrogen-bond acceptors (Lipinski definition) is 2. The maximum atomic E-state index is 5.31. The summed E-state index contributed by atoms with van der Waals surface area (Å²) in [6.07, 6.45) is 2.33. The van der Waals surface area contributed by atoms with Crippen LogP contribution in [0.5, 0.6) is 5.75 Å². The van der Waals surface area contributed by atoms with Gasteiger partial charge in [-0.05, 0) is 36.1 Å². The first-order valence-electron chi connectivity index (χ1n) is 7.66. The SMILES string of the molecule is CCCC(NCc1ccc(OC)c(C)c1)c1ccccc1. The van der Waals surface area contributed by atoms with Crippen LogP contribution < -0.4 is 10.1 Å². The molecule has 0 bridgehead atoms. The zero-order chi connectivity index (χ0) is 15.1. The molecule has 0 fully saturated rings. The van der Waals surface area contributed by atoms with Crippen molar-refractivity contribution < 1.29 is 4.74 Å². The third kappa shape index (κ3) is 4.33. The molecule has 112 valence electrons. The quantitative estimate of drug-likeness (QED) is 0.799. The monoisotopic (exact) mass is 283 g/mol. The molecular formula is C19H25NO. The van der Waals surface area contributed by atoms with Crippen LogP contribution in [0.15, 0.2) is 48.5 Å². The van der Waals surface area contributed by atoms with Crippen molar-refractivity contribution in [3.8, 4) is 5.75 Å². The molecule has 1 atom stereocenters. The molecule has 0 aromatic heterocycles. The van der Waals surface area contributed by atoms with Crippen molar-refractivity contribution >= 4 is 0 Å². The predicted octanol–water partition coefficient (Wildman–Crippen LogP) is 4.63. The fraction of sp³-hybridized carbons (Fsp3) is 0.368. The summed E-state index contributed by atoms with van der Waals surface area (Å²) in [6, 6.07) is 17.5. The van der Waals surface area contributed by atoms with Gasteiger partial charge in [-0.1, -0.05) is 55.8 Å². The Morgan fingerprint density at radius 2 is 1.86 bits per heavy atom. The summed E-state index contributed by atoms with van der Waals surface area (Å²) in [5.74, 6) is 0.951. The Balaban J connectivity index is 2.03. The smallest absolute Gasteiger partial charge is 0.121 e. The highest BCUT2D eigenvalue weighted by atomic mass is 16.5. The largest absolute Gasteiger partial charge is 0.496 e. The highest BCUT2D eigenvalue weighted by Gasteiger charge is 2.09. The van der Waals surface area contributed by atoms with E-state index < -0.39 is 0 Å². The first-order valence-corrected chi connectivity index (χ1v) is 7.66. The molecule has 0 heterocycles. The molecule has 2 aromatic carbocycles. The topological polar surface area (TPSA) is 21.3 Å². The molecule has 0 aliphatic rings. The Hall–Kier alpha value is -1.80. The van der Waals surface area contributed by atoms with E-state index in [9.17, 15) is 0 Å². The van der Waals surface area contributed by atoms with E-state index in [-0.39, 0.29) is 0 Å². The fourth-order valence-electron chi connectivity index (χ4n) is 2.65. The van der Waals surface area contributed by atoms with Gasteiger partial charge in [0.1, 0.15) is 5.75 Å². The number of methoxy groups -OCH3 is 1. The molecule has 2 nitrogen and oxygen atoms in total. The molecule has 2 heteroatoms. The van der Waals surface area contributed by atoms with Gasteiger partial charge in [0.2, 0.25) is 0 Å². The van der Waals surface area contributed by atoms with Crippen molar-refractivity contribution in [3.05, 3.63) is 65.2 Å². The maximum absolute atomic E-state index is 5.31. The normalized spacial score (nSPS) is 12.1. The highest BCUT2D eigenvalue weighted by molar-refractivity contribution is 5.36. The molecule has 2 rings (SSSR count). The van der Waals surface area contributed by atoms with Crippen molar-refractivity contribution in [2.24, 2.45) is 0 Å². The fourth-order valence-corrected chi connectivity index (χ4v) is 2.65. The van der Waals surface area contributed by atoms with Gasteiger partial charge in [0.25, 0.3) is 0 Å². The van der Waals surface area contributed by atoms with Crippen molar-refractivity contribution in [1.82, 2.24) is 5.32 Å². The van der Waals surface area contributed by atoms with Gasteiger partial charge in [-0.2, -0.15) is 0 Å². The molecule has 1 unspecified atom stereocenters. The zero-order valence-corrected chi connectivity index (χ0v) is 13.2. The standard InChI is InChI=1S/C19H25NO/c1-4-8-18(17-9-6-5-7-10-17)20-14-16-11-12-19(21-3)15(2)13-16/h5-7,9-13,18,20H,4,8,14H2,1-3H3. The van der Waals surface area contributed by atoms with Crippen LogP contribution in [0.3, 0.4) is 0 Å². The summed E-state index contributed by atoms with van der Waals surface area (Å²) in [5.41, 5.74) is 3.85. The Labute approximate surface area is 128 Å². The third-order valence-electron chi connectivity index (χ3n) is 3.79. The minimum Gasteiger partial charge on any atom is -0.496 e. The Morgan fingerprint density at radius 1 is 1.10 bits per heavy atom. The average Bonchev–Trinajstić information content (AvgIpc) is 2.52. The second-order valence-electron chi connectivity index (χ2n) is 5.44. The van der Waals surface area contributed by atoms with Crippen LogP contribution in [0.25, 0.3) is 0 Å². The van der Waals surface area contributed by atoms with Crippen LogP contribution in [-0.2, 0) is 6.54 Å². The number of rotatable bonds is 7. The van der Waals surface area contributed by atoms with Crippen LogP contribution in [0.1, 0.15) is 42.5 Å². The molecule has 1 N–H and O–H groups in total. The summed E-state index contributed by atoms with van der Waals surface area (Å²) >= 11 is 0. The lowest BCUT2D eigenvalue weighted by atomic mass is 10.0. The van der Waals surface area contributed by atoms with E-state index in [2.05, 4.69) is 61.6 Å². The molecule has 0 saturated carbocycles. The van der Waals surface area contributed by atoms with Gasteiger partial charge in [-0.15, -0.1) is 0 Å². The lowest BCUT2D eigenvalue weighted by Crippen LogP contribution is -2.20. The lowest BCUT2D eigenvalue weighted by Gasteiger charge is -2.19. The van der Waals surface area contributed by atoms with E-state index in [4.69, 9.17) is 4.74 Å². The molecule has 2 aromatic rings. The second kappa shape index (κ2) is 7.84. The number of aryl methyl sites for hydroxylation is 1. The summed E-state index contributed by atoms with van der Waals surface area (Å²) in [5, 5.41) is 3.68. The predicted molar refractivity (Wildman–Crippen MR) is 88.7 cm³/mol. The summed E-state index contributed by atoms with van der Waals surface area (Å²) < 4.78 is 5.31. The van der Waals surface area contributed by atoms with E-state index in [1.165, 1.54) is 23.1 Å². The Morgan fingerprint density at radius 3 is 2.48 bits per heavy atom. The van der Waals surface area contributed by atoms with Gasteiger partial charge < -0.3 is 10.1 Å². The van der Waals surface area contributed by atoms with Crippen LogP contribution in [0.2, 0.25) is 0 Å². The average molecular weight is 283 g/mol. The molecule has 0 saturated heterocycles. The van der Waals surface area contributed by atoms with E-state index in [1.807, 2.05) is 6.07 Å². The number of hydrogen-bond donors (Lipinski definition) is 1. The van der Waals surface area contributed by atoms with Gasteiger partial charge in [-0.3, -0.25) is 0 Å². The van der Waals surface area contributed by atoms with Gasteiger partial charge in [0, 0.05) is 12.6 Å². The number of benzene rings is 2. The Kier molecular flexibility index (Phi) is 5.82. The van der Waals surface area contributed by atoms with Crippen LogP contribution in [0, 0.1) is 6.92 Å². The van der Waals surface area contributed by atoms with E-state index in [0.717, 1.165) is 18.7 Å². The second-order valence-corrected chi connectivity index (χ2v) is 5.44. The first-order chi connectivity index (χ1) is 10.2. The molecular weight excluding hydrogens is 258 g/mol. The van der Waals surface area contributed by atoms with Gasteiger partial charge >= 0.3 is 0 Å². The van der Waals surface area contributed by atoms with Crippen molar-refractivity contribution in [1.29, 1.82) is 0 Å². The van der Waals surface area contributed by atoms with Crippen molar-refractivity contribution in [2.45, 2.75) is 39.3 Å². The molecule has 0 aliphatic heterocycles. The third-order valence-corrected chi connectivity index (χ3v) is 3.79. The zero-order valence-electron chi connectivity index (χ0n) is 13.2. The highest BCUT2D eigenvalue weighted by Crippen LogP contribution is 2.21. The molecule has 0 aliphatic carbocycles. The number of ether oxygens (including phenoxy) is 1. The summed E-state index contributed by atoms with van der Waals surface area (Å²) in [4.78, 5) is 0. The van der Waals surface area contributed by atoms with Crippen LogP contribution in [0.4, 0.5) is 0 Å². The maximum Gasteiger partial charge on any atom is 0.121 e. The van der Waals surface area contributed by atoms with Gasteiger partial charge in [0.15, 0.2) is 0 Å².